The number of aliphatic carboxylic acids is 1. The number of hydrogen-bond acceptors (Lipinski definition) is 2. The molecule has 0 aliphatic heterocycles. The average molecular weight is 213 g/mol. The van der Waals surface area contributed by atoms with Gasteiger partial charge >= 0.3 is 5.97 Å². The first-order valence-electron chi connectivity index (χ1n) is 5.59. The summed E-state index contributed by atoms with van der Waals surface area (Å²) in [5, 5.41) is 11.2. The summed E-state index contributed by atoms with van der Waals surface area (Å²) in [6.45, 7) is 1.72. The summed E-state index contributed by atoms with van der Waals surface area (Å²) in [5.41, 5.74) is 0. The van der Waals surface area contributed by atoms with Gasteiger partial charge in [-0.25, -0.2) is 0 Å². The van der Waals surface area contributed by atoms with Gasteiger partial charge in [0.15, 0.2) is 0 Å². The molecule has 0 aromatic carbocycles. The Bertz CT molecular complexity index is 234. The lowest BCUT2D eigenvalue weighted by molar-refractivity contribution is -0.137. The summed E-state index contributed by atoms with van der Waals surface area (Å²) >= 11 is 0. The lowest BCUT2D eigenvalue weighted by atomic mass is 10.0. The standard InChI is InChI=1S/C11H19NO3/c1-8(6-11(14)15)12-10(13)7-9-4-2-3-5-9/h8-9H,2-7H2,1H3,(H,12,13)(H,14,15). The summed E-state index contributed by atoms with van der Waals surface area (Å²) in [6.07, 6.45) is 5.28. The van der Waals surface area contributed by atoms with Gasteiger partial charge in [0.25, 0.3) is 0 Å². The van der Waals surface area contributed by atoms with Crippen LogP contribution in [0, 0.1) is 5.92 Å². The van der Waals surface area contributed by atoms with Crippen molar-refractivity contribution in [1.82, 2.24) is 5.32 Å². The first-order valence-corrected chi connectivity index (χ1v) is 5.59. The molecule has 0 heterocycles. The number of rotatable bonds is 5. The molecule has 1 aliphatic carbocycles. The molecule has 86 valence electrons. The van der Waals surface area contributed by atoms with Gasteiger partial charge in [0.2, 0.25) is 5.91 Å². The van der Waals surface area contributed by atoms with E-state index < -0.39 is 5.97 Å². The molecule has 1 fully saturated rings. The third-order valence-electron chi connectivity index (χ3n) is 2.84. The highest BCUT2D eigenvalue weighted by atomic mass is 16.4. The molecule has 1 atom stereocenters. The molecular formula is C11H19NO3. The molecule has 1 unspecified atom stereocenters. The van der Waals surface area contributed by atoms with Crippen molar-refractivity contribution >= 4 is 11.9 Å². The Morgan fingerprint density at radius 1 is 1.40 bits per heavy atom. The van der Waals surface area contributed by atoms with Crippen molar-refractivity contribution in [2.45, 2.75) is 51.5 Å². The number of carboxylic acid groups (broad SMARTS) is 1. The van der Waals surface area contributed by atoms with Gasteiger partial charge in [-0.05, 0) is 25.7 Å². The van der Waals surface area contributed by atoms with Gasteiger partial charge < -0.3 is 10.4 Å². The minimum atomic E-state index is -0.872. The quantitative estimate of drug-likeness (QED) is 0.728. The lowest BCUT2D eigenvalue weighted by Gasteiger charge is -2.13. The summed E-state index contributed by atoms with van der Waals surface area (Å²) in [7, 11) is 0. The number of carboxylic acids is 1. The largest absolute Gasteiger partial charge is 0.481 e. The third-order valence-corrected chi connectivity index (χ3v) is 2.84. The van der Waals surface area contributed by atoms with Crippen LogP contribution in [0.4, 0.5) is 0 Å². The zero-order valence-electron chi connectivity index (χ0n) is 9.16. The third kappa shape index (κ3) is 4.81. The van der Waals surface area contributed by atoms with Gasteiger partial charge in [-0.15, -0.1) is 0 Å². The number of amides is 1. The monoisotopic (exact) mass is 213 g/mol. The fourth-order valence-electron chi connectivity index (χ4n) is 2.12. The zero-order chi connectivity index (χ0) is 11.3. The molecule has 1 saturated carbocycles. The van der Waals surface area contributed by atoms with E-state index in [4.69, 9.17) is 5.11 Å². The number of carbonyl (C=O) groups excluding carboxylic acids is 1. The Balaban J connectivity index is 2.19. The summed E-state index contributed by atoms with van der Waals surface area (Å²) < 4.78 is 0. The van der Waals surface area contributed by atoms with Crippen LogP contribution in [0.5, 0.6) is 0 Å². The molecule has 0 bridgehead atoms. The molecule has 4 heteroatoms. The summed E-state index contributed by atoms with van der Waals surface area (Å²) in [5.74, 6) is -0.360. The van der Waals surface area contributed by atoms with E-state index in [-0.39, 0.29) is 18.4 Å². The van der Waals surface area contributed by atoms with Crippen LogP contribution in [0.15, 0.2) is 0 Å². The van der Waals surface area contributed by atoms with Crippen LogP contribution in [0.2, 0.25) is 0 Å². The fourth-order valence-corrected chi connectivity index (χ4v) is 2.12. The zero-order valence-corrected chi connectivity index (χ0v) is 9.16. The summed E-state index contributed by atoms with van der Waals surface area (Å²) in [4.78, 5) is 21.9. The van der Waals surface area contributed by atoms with E-state index in [0.29, 0.717) is 12.3 Å². The van der Waals surface area contributed by atoms with Gasteiger partial charge in [-0.2, -0.15) is 0 Å². The molecular weight excluding hydrogens is 194 g/mol. The molecule has 0 saturated heterocycles. The van der Waals surface area contributed by atoms with Gasteiger partial charge in [-0.1, -0.05) is 12.8 Å². The molecule has 1 rings (SSSR count). The smallest absolute Gasteiger partial charge is 0.305 e. The Morgan fingerprint density at radius 2 is 2.00 bits per heavy atom. The van der Waals surface area contributed by atoms with Crippen molar-refractivity contribution in [1.29, 1.82) is 0 Å². The van der Waals surface area contributed by atoms with Gasteiger partial charge in [0.1, 0.15) is 0 Å². The Kier molecular flexibility index (Phi) is 4.59. The normalized spacial score (nSPS) is 18.7. The highest BCUT2D eigenvalue weighted by molar-refractivity contribution is 5.77. The van der Waals surface area contributed by atoms with Crippen molar-refractivity contribution < 1.29 is 14.7 Å². The predicted octanol–water partition coefficient (Wildman–Crippen LogP) is 1.55. The first kappa shape index (κ1) is 12.0. The molecule has 0 radical (unpaired) electrons. The van der Waals surface area contributed by atoms with E-state index in [1.165, 1.54) is 12.8 Å². The Morgan fingerprint density at radius 3 is 2.53 bits per heavy atom. The van der Waals surface area contributed by atoms with E-state index in [0.717, 1.165) is 12.8 Å². The maximum atomic E-state index is 11.5. The maximum Gasteiger partial charge on any atom is 0.305 e. The van der Waals surface area contributed by atoms with Crippen LogP contribution in [0.3, 0.4) is 0 Å². The SMILES string of the molecule is CC(CC(=O)O)NC(=O)CC1CCCC1. The predicted molar refractivity (Wildman–Crippen MR) is 56.4 cm³/mol. The molecule has 0 aromatic rings. The minimum Gasteiger partial charge on any atom is -0.481 e. The minimum absolute atomic E-state index is 0.00356. The average Bonchev–Trinajstić information content (AvgIpc) is 2.53. The lowest BCUT2D eigenvalue weighted by Crippen LogP contribution is -2.34. The van der Waals surface area contributed by atoms with Crippen LogP contribution in [0.25, 0.3) is 0 Å². The molecule has 2 N–H and O–H groups in total. The van der Waals surface area contributed by atoms with Gasteiger partial charge in [0, 0.05) is 12.5 Å². The number of carbonyl (C=O) groups is 2. The van der Waals surface area contributed by atoms with Gasteiger partial charge in [-0.3, -0.25) is 9.59 Å². The molecule has 1 amide bonds. The van der Waals surface area contributed by atoms with Crippen molar-refractivity contribution in [3.63, 3.8) is 0 Å². The van der Waals surface area contributed by atoms with Crippen molar-refractivity contribution in [3.8, 4) is 0 Å². The van der Waals surface area contributed by atoms with E-state index in [9.17, 15) is 9.59 Å². The molecule has 15 heavy (non-hydrogen) atoms. The Hall–Kier alpha value is -1.06. The van der Waals surface area contributed by atoms with Crippen LogP contribution in [-0.2, 0) is 9.59 Å². The van der Waals surface area contributed by atoms with E-state index in [2.05, 4.69) is 5.32 Å². The number of nitrogens with one attached hydrogen (secondary N) is 1. The van der Waals surface area contributed by atoms with Crippen LogP contribution in [-0.4, -0.2) is 23.0 Å². The van der Waals surface area contributed by atoms with E-state index in [1.54, 1.807) is 6.92 Å². The second kappa shape index (κ2) is 5.73. The highest BCUT2D eigenvalue weighted by Gasteiger charge is 2.19. The second-order valence-electron chi connectivity index (χ2n) is 4.42. The Labute approximate surface area is 90.0 Å². The molecule has 0 aromatic heterocycles. The van der Waals surface area contributed by atoms with Crippen molar-refractivity contribution in [2.75, 3.05) is 0 Å². The van der Waals surface area contributed by atoms with Crippen LogP contribution < -0.4 is 5.32 Å². The molecule has 0 spiro atoms. The summed E-state index contributed by atoms with van der Waals surface area (Å²) in [6, 6.07) is -0.267. The molecule has 1 aliphatic rings. The van der Waals surface area contributed by atoms with Gasteiger partial charge in [0.05, 0.1) is 6.42 Å². The van der Waals surface area contributed by atoms with Crippen molar-refractivity contribution in [3.05, 3.63) is 0 Å². The van der Waals surface area contributed by atoms with E-state index >= 15 is 0 Å². The number of hydrogen-bond donors (Lipinski definition) is 2. The second-order valence-corrected chi connectivity index (χ2v) is 4.42. The maximum absolute atomic E-state index is 11.5. The highest BCUT2D eigenvalue weighted by Crippen LogP contribution is 2.27. The first-order chi connectivity index (χ1) is 7.08. The topological polar surface area (TPSA) is 66.4 Å². The van der Waals surface area contributed by atoms with Crippen LogP contribution in [0.1, 0.15) is 45.4 Å². The molecule has 4 nitrogen and oxygen atoms in total. The van der Waals surface area contributed by atoms with Crippen LogP contribution >= 0.6 is 0 Å². The van der Waals surface area contributed by atoms with E-state index in [1.807, 2.05) is 0 Å². The fraction of sp³-hybridized carbons (Fsp3) is 0.818. The van der Waals surface area contributed by atoms with Crippen molar-refractivity contribution in [2.24, 2.45) is 5.92 Å².